The Kier molecular flexibility index (Phi) is 5.10. The van der Waals surface area contributed by atoms with Gasteiger partial charge in [0.1, 0.15) is 12.5 Å². The van der Waals surface area contributed by atoms with Crippen LogP contribution < -0.4 is 5.32 Å². The van der Waals surface area contributed by atoms with Crippen LogP contribution in [0.4, 0.5) is 19.3 Å². The summed E-state index contributed by atoms with van der Waals surface area (Å²) < 4.78 is 33.3. The molecule has 0 bridgehead atoms. The van der Waals surface area contributed by atoms with Crippen LogP contribution in [0.5, 0.6) is 0 Å². The number of alkyl halides is 1. The molecule has 2 N–H and O–H groups in total. The SMILES string of the molecule is O=C(O)NC1=N[C@@]2(c3cc([N+](=O)[O-])ccc3F)C[C@H](CF)OC[C@H]2CS1. The fourth-order valence-corrected chi connectivity index (χ4v) is 4.40. The van der Waals surface area contributed by atoms with Gasteiger partial charge in [-0.15, -0.1) is 0 Å². The van der Waals surface area contributed by atoms with Gasteiger partial charge in [0, 0.05) is 35.8 Å². The van der Waals surface area contributed by atoms with Gasteiger partial charge in [0.05, 0.1) is 23.2 Å². The van der Waals surface area contributed by atoms with Crippen molar-refractivity contribution in [3.8, 4) is 0 Å². The Hall–Kier alpha value is -2.27. The van der Waals surface area contributed by atoms with E-state index in [0.29, 0.717) is 5.75 Å². The molecule has 0 spiro atoms. The average Bonchev–Trinajstić information content (AvgIpc) is 2.60. The molecule has 2 heterocycles. The number of halogens is 2. The van der Waals surface area contributed by atoms with Crippen LogP contribution in [-0.4, -0.2) is 46.4 Å². The molecule has 8 nitrogen and oxygen atoms in total. The van der Waals surface area contributed by atoms with Gasteiger partial charge in [0.25, 0.3) is 5.69 Å². The zero-order valence-electron chi connectivity index (χ0n) is 13.4. The van der Waals surface area contributed by atoms with Gasteiger partial charge in [-0.1, -0.05) is 11.8 Å². The summed E-state index contributed by atoms with van der Waals surface area (Å²) in [5.74, 6) is -0.753. The quantitative estimate of drug-likeness (QED) is 0.609. The number of amides is 1. The molecular weight excluding hydrogens is 372 g/mol. The predicted octanol–water partition coefficient (Wildman–Crippen LogP) is 2.67. The van der Waals surface area contributed by atoms with Crippen molar-refractivity contribution >= 4 is 28.7 Å². The number of ether oxygens (including phenoxy) is 1. The molecule has 3 rings (SSSR count). The molecule has 0 aromatic heterocycles. The second-order valence-corrected chi connectivity index (χ2v) is 7.02. The first-order valence-corrected chi connectivity index (χ1v) is 8.69. The lowest BCUT2D eigenvalue weighted by Gasteiger charge is -2.46. The molecule has 140 valence electrons. The zero-order valence-corrected chi connectivity index (χ0v) is 14.2. The van der Waals surface area contributed by atoms with E-state index in [-0.39, 0.29) is 35.4 Å². The highest BCUT2D eigenvalue weighted by molar-refractivity contribution is 8.13. The van der Waals surface area contributed by atoms with E-state index >= 15 is 0 Å². The molecule has 1 aromatic rings. The third-order valence-corrected chi connectivity index (χ3v) is 5.52. The molecule has 0 unspecified atom stereocenters. The van der Waals surface area contributed by atoms with Crippen LogP contribution in [0.3, 0.4) is 0 Å². The van der Waals surface area contributed by atoms with Crippen molar-refractivity contribution in [2.75, 3.05) is 19.0 Å². The molecule has 0 aliphatic carbocycles. The maximum atomic E-state index is 14.6. The van der Waals surface area contributed by atoms with Gasteiger partial charge in [-0.2, -0.15) is 0 Å². The van der Waals surface area contributed by atoms with Crippen molar-refractivity contribution < 1.29 is 28.3 Å². The van der Waals surface area contributed by atoms with Crippen LogP contribution >= 0.6 is 11.8 Å². The number of nitro groups is 1. The number of rotatable bonds is 3. The summed E-state index contributed by atoms with van der Waals surface area (Å²) in [6, 6.07) is 3.09. The number of amidine groups is 1. The molecule has 11 heteroatoms. The number of carbonyl (C=O) groups is 1. The number of benzene rings is 1. The monoisotopic (exact) mass is 387 g/mol. The Morgan fingerprint density at radius 3 is 3.00 bits per heavy atom. The van der Waals surface area contributed by atoms with Crippen molar-refractivity contribution in [2.45, 2.75) is 18.1 Å². The number of nitrogens with one attached hydrogen (secondary N) is 1. The number of aliphatic imine (C=N–C) groups is 1. The molecule has 1 saturated heterocycles. The molecule has 1 aromatic carbocycles. The largest absolute Gasteiger partial charge is 0.465 e. The number of hydrogen-bond acceptors (Lipinski definition) is 6. The predicted molar refractivity (Wildman–Crippen MR) is 89.6 cm³/mol. The third kappa shape index (κ3) is 3.36. The minimum absolute atomic E-state index is 0.0409. The molecule has 1 fully saturated rings. The molecule has 26 heavy (non-hydrogen) atoms. The summed E-state index contributed by atoms with van der Waals surface area (Å²) >= 11 is 1.12. The van der Waals surface area contributed by atoms with Gasteiger partial charge in [0.2, 0.25) is 0 Å². The van der Waals surface area contributed by atoms with Crippen molar-refractivity contribution in [3.63, 3.8) is 0 Å². The fourth-order valence-electron chi connectivity index (χ4n) is 3.28. The number of nitro benzene ring substituents is 1. The van der Waals surface area contributed by atoms with E-state index < -0.39 is 35.2 Å². The number of non-ortho nitro benzene ring substituents is 1. The summed E-state index contributed by atoms with van der Waals surface area (Å²) in [6.45, 7) is -0.733. The molecule has 2 aliphatic heterocycles. The van der Waals surface area contributed by atoms with E-state index in [1.165, 1.54) is 0 Å². The first-order valence-electron chi connectivity index (χ1n) is 7.70. The maximum Gasteiger partial charge on any atom is 0.410 e. The van der Waals surface area contributed by atoms with Crippen LogP contribution in [0, 0.1) is 21.8 Å². The van der Waals surface area contributed by atoms with Gasteiger partial charge in [-0.3, -0.25) is 20.4 Å². The Morgan fingerprint density at radius 1 is 1.58 bits per heavy atom. The lowest BCUT2D eigenvalue weighted by Crippen LogP contribution is -2.51. The van der Waals surface area contributed by atoms with Crippen LogP contribution in [-0.2, 0) is 10.3 Å². The van der Waals surface area contributed by atoms with Crippen molar-refractivity contribution in [1.82, 2.24) is 5.32 Å². The zero-order chi connectivity index (χ0) is 18.9. The molecule has 0 saturated carbocycles. The van der Waals surface area contributed by atoms with Gasteiger partial charge in [-0.05, 0) is 6.07 Å². The number of nitrogens with zero attached hydrogens (tertiary/aromatic N) is 2. The standard InChI is InChI=1S/C15H15F2N3O5S/c16-5-10-4-15(11-3-9(20(23)24)1-2-12(11)17)8(6-25-10)7-26-13(19-15)18-14(21)22/h1-3,8,10H,4-7H2,(H,18,19)(H,21,22)/t8-,10+,15-/m0/s1. The van der Waals surface area contributed by atoms with E-state index in [0.717, 1.165) is 30.0 Å². The van der Waals surface area contributed by atoms with E-state index in [1.807, 2.05) is 0 Å². The summed E-state index contributed by atoms with van der Waals surface area (Å²) in [5.41, 5.74) is -1.71. The lowest BCUT2D eigenvalue weighted by atomic mass is 9.73. The second-order valence-electron chi connectivity index (χ2n) is 6.01. The van der Waals surface area contributed by atoms with E-state index in [9.17, 15) is 23.7 Å². The van der Waals surface area contributed by atoms with Crippen LogP contribution in [0.25, 0.3) is 0 Å². The maximum absolute atomic E-state index is 14.6. The Morgan fingerprint density at radius 2 is 2.35 bits per heavy atom. The minimum Gasteiger partial charge on any atom is -0.465 e. The molecular formula is C15H15F2N3O5S. The molecule has 0 radical (unpaired) electrons. The minimum atomic E-state index is -1.34. The topological polar surface area (TPSA) is 114 Å². The summed E-state index contributed by atoms with van der Waals surface area (Å²) in [4.78, 5) is 25.8. The highest BCUT2D eigenvalue weighted by Crippen LogP contribution is 2.48. The summed E-state index contributed by atoms with van der Waals surface area (Å²) in [7, 11) is 0. The van der Waals surface area contributed by atoms with E-state index in [1.54, 1.807) is 0 Å². The normalized spacial score (nSPS) is 28.0. The smallest absolute Gasteiger partial charge is 0.410 e. The Balaban J connectivity index is 2.16. The van der Waals surface area contributed by atoms with E-state index in [2.05, 4.69) is 10.3 Å². The van der Waals surface area contributed by atoms with Gasteiger partial charge >= 0.3 is 6.09 Å². The first-order chi connectivity index (χ1) is 12.4. The summed E-state index contributed by atoms with van der Waals surface area (Å²) in [5, 5.41) is 22.2. The average molecular weight is 387 g/mol. The number of carboxylic acid groups (broad SMARTS) is 1. The number of fused-ring (bicyclic) bond motifs is 1. The number of hydrogen-bond donors (Lipinski definition) is 2. The lowest BCUT2D eigenvalue weighted by molar-refractivity contribution is -0.385. The third-order valence-electron chi connectivity index (χ3n) is 4.48. The van der Waals surface area contributed by atoms with Crippen LogP contribution in [0.15, 0.2) is 23.2 Å². The second kappa shape index (κ2) is 7.16. The highest BCUT2D eigenvalue weighted by atomic mass is 32.2. The van der Waals surface area contributed by atoms with Crippen LogP contribution in [0.2, 0.25) is 0 Å². The Bertz CT molecular complexity index is 778. The van der Waals surface area contributed by atoms with Crippen molar-refractivity contribution in [3.05, 3.63) is 39.7 Å². The van der Waals surface area contributed by atoms with Gasteiger partial charge in [-0.25, -0.2) is 13.6 Å². The summed E-state index contributed by atoms with van der Waals surface area (Å²) in [6.07, 6.45) is -2.24. The van der Waals surface area contributed by atoms with Crippen molar-refractivity contribution in [1.29, 1.82) is 0 Å². The van der Waals surface area contributed by atoms with Gasteiger partial charge < -0.3 is 9.84 Å². The van der Waals surface area contributed by atoms with E-state index in [4.69, 9.17) is 9.84 Å². The molecule has 3 atom stereocenters. The van der Waals surface area contributed by atoms with Crippen LogP contribution in [0.1, 0.15) is 12.0 Å². The van der Waals surface area contributed by atoms with Gasteiger partial charge in [0.15, 0.2) is 5.17 Å². The molecule has 1 amide bonds. The molecule has 2 aliphatic rings. The Labute approximate surface area is 150 Å². The highest BCUT2D eigenvalue weighted by Gasteiger charge is 2.50. The number of thioether (sulfide) groups is 1. The van der Waals surface area contributed by atoms with Crippen molar-refractivity contribution in [2.24, 2.45) is 10.9 Å². The first kappa shape index (κ1) is 18.5. The fraction of sp³-hybridized carbons (Fsp3) is 0.467.